The molecule has 24 heavy (non-hydrogen) atoms. The van der Waals surface area contributed by atoms with Gasteiger partial charge in [-0.15, -0.1) is 0 Å². The highest BCUT2D eigenvalue weighted by molar-refractivity contribution is 9.10. The SMILES string of the molecule is CC(NC(=O)CCCOCCc1ccccc1)c1cccc(Br)c1. The standard InChI is InChI=1S/C20H24BrNO2/c1-16(18-9-5-10-19(21)15-18)22-20(23)11-6-13-24-14-12-17-7-3-2-4-8-17/h2-5,7-10,15-16H,6,11-14H2,1H3,(H,22,23). The number of ether oxygens (including phenoxy) is 1. The Labute approximate surface area is 152 Å². The van der Waals surface area contributed by atoms with Crippen molar-refractivity contribution < 1.29 is 9.53 Å². The van der Waals surface area contributed by atoms with Crippen molar-refractivity contribution in [3.05, 3.63) is 70.2 Å². The summed E-state index contributed by atoms with van der Waals surface area (Å²) in [5, 5.41) is 3.02. The molecule has 1 atom stereocenters. The molecule has 0 heterocycles. The van der Waals surface area contributed by atoms with Gasteiger partial charge in [0.1, 0.15) is 0 Å². The lowest BCUT2D eigenvalue weighted by Crippen LogP contribution is -2.26. The Morgan fingerprint density at radius 3 is 2.67 bits per heavy atom. The molecule has 2 rings (SSSR count). The van der Waals surface area contributed by atoms with Crippen LogP contribution in [-0.4, -0.2) is 19.1 Å². The molecule has 1 amide bonds. The highest BCUT2D eigenvalue weighted by Crippen LogP contribution is 2.17. The maximum Gasteiger partial charge on any atom is 0.220 e. The molecule has 0 saturated carbocycles. The monoisotopic (exact) mass is 389 g/mol. The second-order valence-electron chi connectivity index (χ2n) is 5.80. The third kappa shape index (κ3) is 6.85. The van der Waals surface area contributed by atoms with Gasteiger partial charge in [0, 0.05) is 17.5 Å². The van der Waals surface area contributed by atoms with E-state index in [-0.39, 0.29) is 11.9 Å². The van der Waals surface area contributed by atoms with Crippen LogP contribution in [0, 0.1) is 0 Å². The van der Waals surface area contributed by atoms with E-state index in [9.17, 15) is 4.79 Å². The molecule has 3 nitrogen and oxygen atoms in total. The van der Waals surface area contributed by atoms with E-state index in [1.807, 2.05) is 49.4 Å². The summed E-state index contributed by atoms with van der Waals surface area (Å²) in [5.41, 5.74) is 2.37. The first-order chi connectivity index (χ1) is 11.6. The Kier molecular flexibility index (Phi) is 7.99. The molecule has 2 aromatic carbocycles. The molecule has 2 aromatic rings. The topological polar surface area (TPSA) is 38.3 Å². The lowest BCUT2D eigenvalue weighted by atomic mass is 10.1. The summed E-state index contributed by atoms with van der Waals surface area (Å²) in [7, 11) is 0. The van der Waals surface area contributed by atoms with Crippen molar-refractivity contribution in [2.75, 3.05) is 13.2 Å². The van der Waals surface area contributed by atoms with Crippen LogP contribution in [0.4, 0.5) is 0 Å². The summed E-state index contributed by atoms with van der Waals surface area (Å²) in [6, 6.07) is 18.3. The van der Waals surface area contributed by atoms with E-state index in [1.54, 1.807) is 0 Å². The maximum atomic E-state index is 12.0. The van der Waals surface area contributed by atoms with Crippen LogP contribution in [0.2, 0.25) is 0 Å². The van der Waals surface area contributed by atoms with Crippen molar-refractivity contribution in [2.24, 2.45) is 0 Å². The number of carbonyl (C=O) groups is 1. The molecule has 0 saturated heterocycles. The van der Waals surface area contributed by atoms with Crippen LogP contribution in [0.25, 0.3) is 0 Å². The summed E-state index contributed by atoms with van der Waals surface area (Å²) < 4.78 is 6.63. The van der Waals surface area contributed by atoms with Crippen LogP contribution in [0.15, 0.2) is 59.1 Å². The number of benzene rings is 2. The van der Waals surface area contributed by atoms with Crippen LogP contribution in [-0.2, 0) is 16.0 Å². The van der Waals surface area contributed by atoms with Gasteiger partial charge in [0.15, 0.2) is 0 Å². The Hall–Kier alpha value is -1.65. The van der Waals surface area contributed by atoms with Crippen LogP contribution in [0.3, 0.4) is 0 Å². The minimum atomic E-state index is 0.00833. The average molecular weight is 390 g/mol. The number of hydrogen-bond donors (Lipinski definition) is 1. The van der Waals surface area contributed by atoms with Crippen LogP contribution in [0.1, 0.15) is 36.9 Å². The van der Waals surface area contributed by atoms with E-state index >= 15 is 0 Å². The third-order valence-electron chi connectivity index (χ3n) is 3.80. The fraction of sp³-hybridized carbons (Fsp3) is 0.350. The zero-order valence-corrected chi connectivity index (χ0v) is 15.6. The van der Waals surface area contributed by atoms with Crippen molar-refractivity contribution in [2.45, 2.75) is 32.2 Å². The zero-order chi connectivity index (χ0) is 17.2. The first kappa shape index (κ1) is 18.7. The number of carbonyl (C=O) groups excluding carboxylic acids is 1. The summed E-state index contributed by atoms with van der Waals surface area (Å²) in [6.45, 7) is 3.31. The Morgan fingerprint density at radius 1 is 1.12 bits per heavy atom. The molecule has 0 aliphatic carbocycles. The van der Waals surface area contributed by atoms with Gasteiger partial charge in [0.25, 0.3) is 0 Å². The van der Waals surface area contributed by atoms with Crippen molar-refractivity contribution in [1.29, 1.82) is 0 Å². The smallest absolute Gasteiger partial charge is 0.220 e. The highest BCUT2D eigenvalue weighted by Gasteiger charge is 2.09. The molecule has 0 fully saturated rings. The molecule has 0 aliphatic heterocycles. The molecule has 0 aromatic heterocycles. The van der Waals surface area contributed by atoms with Crippen molar-refractivity contribution in [1.82, 2.24) is 5.32 Å². The number of rotatable bonds is 9. The molecule has 1 N–H and O–H groups in total. The molecule has 0 spiro atoms. The van der Waals surface area contributed by atoms with E-state index < -0.39 is 0 Å². The average Bonchev–Trinajstić information content (AvgIpc) is 2.59. The van der Waals surface area contributed by atoms with E-state index in [0.29, 0.717) is 19.6 Å². The van der Waals surface area contributed by atoms with Gasteiger partial charge >= 0.3 is 0 Å². The Bertz CT molecular complexity index is 631. The summed E-state index contributed by atoms with van der Waals surface area (Å²) in [5.74, 6) is 0.0640. The lowest BCUT2D eigenvalue weighted by molar-refractivity contribution is -0.122. The van der Waals surface area contributed by atoms with Crippen molar-refractivity contribution >= 4 is 21.8 Å². The predicted octanol–water partition coefficient (Wildman–Crippen LogP) is 4.67. The number of hydrogen-bond acceptors (Lipinski definition) is 2. The number of halogens is 1. The Balaban J connectivity index is 1.58. The summed E-state index contributed by atoms with van der Waals surface area (Å²) >= 11 is 3.45. The highest BCUT2D eigenvalue weighted by atomic mass is 79.9. The van der Waals surface area contributed by atoms with E-state index in [4.69, 9.17) is 4.74 Å². The predicted molar refractivity (Wildman–Crippen MR) is 101 cm³/mol. The van der Waals surface area contributed by atoms with Crippen LogP contribution >= 0.6 is 15.9 Å². The largest absolute Gasteiger partial charge is 0.381 e. The second kappa shape index (κ2) is 10.3. The zero-order valence-electron chi connectivity index (χ0n) is 14.0. The van der Waals surface area contributed by atoms with Gasteiger partial charge in [-0.05, 0) is 43.0 Å². The van der Waals surface area contributed by atoms with Crippen LogP contribution < -0.4 is 5.32 Å². The van der Waals surface area contributed by atoms with Gasteiger partial charge in [-0.2, -0.15) is 0 Å². The molecule has 128 valence electrons. The van der Waals surface area contributed by atoms with Crippen molar-refractivity contribution in [3.63, 3.8) is 0 Å². The lowest BCUT2D eigenvalue weighted by Gasteiger charge is -2.14. The van der Waals surface area contributed by atoms with Gasteiger partial charge < -0.3 is 10.1 Å². The molecular formula is C20H24BrNO2. The first-order valence-electron chi connectivity index (χ1n) is 8.31. The molecular weight excluding hydrogens is 366 g/mol. The molecule has 0 bridgehead atoms. The van der Waals surface area contributed by atoms with Gasteiger partial charge in [-0.1, -0.05) is 58.4 Å². The van der Waals surface area contributed by atoms with Crippen LogP contribution in [0.5, 0.6) is 0 Å². The van der Waals surface area contributed by atoms with Gasteiger partial charge in [0.05, 0.1) is 12.6 Å². The van der Waals surface area contributed by atoms with E-state index in [2.05, 4.69) is 33.4 Å². The normalized spacial score (nSPS) is 11.9. The molecule has 0 aliphatic rings. The maximum absolute atomic E-state index is 12.0. The quantitative estimate of drug-likeness (QED) is 0.632. The number of amides is 1. The van der Waals surface area contributed by atoms with E-state index in [0.717, 1.165) is 22.9 Å². The molecule has 0 radical (unpaired) electrons. The fourth-order valence-corrected chi connectivity index (χ4v) is 2.86. The minimum Gasteiger partial charge on any atom is -0.381 e. The van der Waals surface area contributed by atoms with Gasteiger partial charge in [-0.25, -0.2) is 0 Å². The number of nitrogens with one attached hydrogen (secondary N) is 1. The summed E-state index contributed by atoms with van der Waals surface area (Å²) in [6.07, 6.45) is 2.14. The first-order valence-corrected chi connectivity index (χ1v) is 9.11. The fourth-order valence-electron chi connectivity index (χ4n) is 2.44. The van der Waals surface area contributed by atoms with Gasteiger partial charge in [-0.3, -0.25) is 4.79 Å². The second-order valence-corrected chi connectivity index (χ2v) is 6.71. The van der Waals surface area contributed by atoms with E-state index in [1.165, 1.54) is 5.56 Å². The summed E-state index contributed by atoms with van der Waals surface area (Å²) in [4.78, 5) is 12.0. The Morgan fingerprint density at radius 2 is 1.92 bits per heavy atom. The van der Waals surface area contributed by atoms with Crippen molar-refractivity contribution in [3.8, 4) is 0 Å². The molecule has 4 heteroatoms. The molecule has 1 unspecified atom stereocenters. The van der Waals surface area contributed by atoms with Gasteiger partial charge in [0.2, 0.25) is 5.91 Å². The third-order valence-corrected chi connectivity index (χ3v) is 4.29. The minimum absolute atomic E-state index is 0.00833.